The molecular formula is C16H23N3O3. The van der Waals surface area contributed by atoms with Gasteiger partial charge in [0.2, 0.25) is 5.91 Å². The molecule has 0 radical (unpaired) electrons. The number of benzene rings is 1. The molecular weight excluding hydrogens is 282 g/mol. The number of anilines is 1. The maximum atomic E-state index is 12.5. The van der Waals surface area contributed by atoms with E-state index in [-0.39, 0.29) is 30.2 Å². The van der Waals surface area contributed by atoms with Crippen molar-refractivity contribution in [1.82, 2.24) is 4.90 Å². The topological polar surface area (TPSA) is 75.5 Å². The van der Waals surface area contributed by atoms with Crippen molar-refractivity contribution >= 4 is 17.3 Å². The SMILES string of the molecule is Cc1ccc([N+](=O)[O-])cc1NCC(=O)N1C(C)CCCC1C. The molecule has 1 aromatic carbocycles. The van der Waals surface area contributed by atoms with Crippen LogP contribution in [0, 0.1) is 17.0 Å². The normalized spacial score (nSPS) is 21.5. The van der Waals surface area contributed by atoms with Crippen LogP contribution < -0.4 is 5.32 Å². The molecule has 0 saturated carbocycles. The first kappa shape index (κ1) is 16.3. The number of hydrogen-bond acceptors (Lipinski definition) is 4. The zero-order chi connectivity index (χ0) is 16.3. The largest absolute Gasteiger partial charge is 0.376 e. The second-order valence-electron chi connectivity index (χ2n) is 6.04. The Kier molecular flexibility index (Phi) is 5.00. The molecule has 6 heteroatoms. The van der Waals surface area contributed by atoms with Crippen LogP contribution >= 0.6 is 0 Å². The first-order valence-corrected chi connectivity index (χ1v) is 7.70. The summed E-state index contributed by atoms with van der Waals surface area (Å²) in [6.45, 7) is 6.18. The van der Waals surface area contributed by atoms with Crippen molar-refractivity contribution in [2.45, 2.75) is 52.1 Å². The number of nitro groups is 1. The predicted octanol–water partition coefficient (Wildman–Crippen LogP) is 3.10. The number of nitrogens with one attached hydrogen (secondary N) is 1. The summed E-state index contributed by atoms with van der Waals surface area (Å²) in [6, 6.07) is 5.15. The van der Waals surface area contributed by atoms with Crippen LogP contribution in [0.15, 0.2) is 18.2 Å². The fraction of sp³-hybridized carbons (Fsp3) is 0.562. The Hall–Kier alpha value is -2.11. The van der Waals surface area contributed by atoms with E-state index in [1.54, 1.807) is 6.07 Å². The highest BCUT2D eigenvalue weighted by atomic mass is 16.6. The molecule has 2 rings (SSSR count). The van der Waals surface area contributed by atoms with Crippen molar-refractivity contribution < 1.29 is 9.72 Å². The number of piperidine rings is 1. The molecule has 0 spiro atoms. The lowest BCUT2D eigenvalue weighted by Gasteiger charge is -2.39. The molecule has 2 atom stereocenters. The van der Waals surface area contributed by atoms with Crippen LogP contribution in [0.1, 0.15) is 38.7 Å². The monoisotopic (exact) mass is 305 g/mol. The number of aryl methyl sites for hydroxylation is 1. The van der Waals surface area contributed by atoms with E-state index >= 15 is 0 Å². The Balaban J connectivity index is 2.04. The van der Waals surface area contributed by atoms with Gasteiger partial charge in [-0.25, -0.2) is 0 Å². The number of carbonyl (C=O) groups is 1. The Morgan fingerprint density at radius 3 is 2.59 bits per heavy atom. The fourth-order valence-electron chi connectivity index (χ4n) is 3.09. The molecule has 1 aliphatic rings. The minimum absolute atomic E-state index is 0.0280. The smallest absolute Gasteiger partial charge is 0.271 e. The Morgan fingerprint density at radius 1 is 1.36 bits per heavy atom. The van der Waals surface area contributed by atoms with Gasteiger partial charge in [-0.2, -0.15) is 0 Å². The number of carbonyl (C=O) groups excluding carboxylic acids is 1. The van der Waals surface area contributed by atoms with Crippen molar-refractivity contribution in [1.29, 1.82) is 0 Å². The molecule has 120 valence electrons. The lowest BCUT2D eigenvalue weighted by Crippen LogP contribution is -2.49. The van der Waals surface area contributed by atoms with Crippen LogP contribution in [0.2, 0.25) is 0 Å². The highest BCUT2D eigenvalue weighted by Gasteiger charge is 2.28. The van der Waals surface area contributed by atoms with Gasteiger partial charge in [-0.3, -0.25) is 14.9 Å². The zero-order valence-electron chi connectivity index (χ0n) is 13.3. The van der Waals surface area contributed by atoms with Crippen molar-refractivity contribution in [3.8, 4) is 0 Å². The van der Waals surface area contributed by atoms with E-state index in [0.29, 0.717) is 5.69 Å². The van der Waals surface area contributed by atoms with E-state index in [2.05, 4.69) is 19.2 Å². The van der Waals surface area contributed by atoms with Gasteiger partial charge in [0, 0.05) is 29.9 Å². The van der Waals surface area contributed by atoms with Gasteiger partial charge < -0.3 is 10.2 Å². The average molecular weight is 305 g/mol. The Labute approximate surface area is 130 Å². The summed E-state index contributed by atoms with van der Waals surface area (Å²) in [7, 11) is 0. The van der Waals surface area contributed by atoms with Gasteiger partial charge in [-0.15, -0.1) is 0 Å². The van der Waals surface area contributed by atoms with E-state index in [1.165, 1.54) is 12.1 Å². The van der Waals surface area contributed by atoms with Crippen LogP contribution in [-0.2, 0) is 4.79 Å². The molecule has 6 nitrogen and oxygen atoms in total. The van der Waals surface area contributed by atoms with Crippen LogP contribution in [0.3, 0.4) is 0 Å². The third-order valence-electron chi connectivity index (χ3n) is 4.34. The van der Waals surface area contributed by atoms with E-state index in [9.17, 15) is 14.9 Å². The van der Waals surface area contributed by atoms with E-state index in [1.807, 2.05) is 11.8 Å². The van der Waals surface area contributed by atoms with Crippen molar-refractivity contribution in [3.63, 3.8) is 0 Å². The van der Waals surface area contributed by atoms with Gasteiger partial charge in [-0.05, 0) is 45.6 Å². The Bertz CT molecular complexity index is 564. The summed E-state index contributed by atoms with van der Waals surface area (Å²) in [6.07, 6.45) is 3.22. The number of nitro benzene ring substituents is 1. The van der Waals surface area contributed by atoms with Crippen LogP contribution in [0.4, 0.5) is 11.4 Å². The molecule has 1 saturated heterocycles. The fourth-order valence-corrected chi connectivity index (χ4v) is 3.09. The summed E-state index contributed by atoms with van der Waals surface area (Å²) in [5, 5.41) is 13.9. The highest BCUT2D eigenvalue weighted by Crippen LogP contribution is 2.24. The zero-order valence-corrected chi connectivity index (χ0v) is 13.3. The van der Waals surface area contributed by atoms with Gasteiger partial charge >= 0.3 is 0 Å². The molecule has 22 heavy (non-hydrogen) atoms. The second kappa shape index (κ2) is 6.77. The Morgan fingerprint density at radius 2 is 2.00 bits per heavy atom. The van der Waals surface area contributed by atoms with E-state index in [4.69, 9.17) is 0 Å². The number of amides is 1. The first-order valence-electron chi connectivity index (χ1n) is 7.70. The van der Waals surface area contributed by atoms with Gasteiger partial charge in [0.15, 0.2) is 0 Å². The van der Waals surface area contributed by atoms with Crippen molar-refractivity contribution in [2.24, 2.45) is 0 Å². The van der Waals surface area contributed by atoms with Crippen LogP contribution in [0.5, 0.6) is 0 Å². The van der Waals surface area contributed by atoms with Crippen molar-refractivity contribution in [2.75, 3.05) is 11.9 Å². The maximum absolute atomic E-state index is 12.5. The summed E-state index contributed by atoms with van der Waals surface area (Å²) < 4.78 is 0. The quantitative estimate of drug-likeness (QED) is 0.685. The number of nitrogens with zero attached hydrogens (tertiary/aromatic N) is 2. The van der Waals surface area contributed by atoms with Crippen LogP contribution in [-0.4, -0.2) is 34.4 Å². The number of rotatable bonds is 4. The summed E-state index contributed by atoms with van der Waals surface area (Å²) >= 11 is 0. The number of hydrogen-bond donors (Lipinski definition) is 1. The molecule has 0 aliphatic carbocycles. The molecule has 1 N–H and O–H groups in total. The van der Waals surface area contributed by atoms with Gasteiger partial charge in [0.25, 0.3) is 5.69 Å². The van der Waals surface area contributed by atoms with E-state index in [0.717, 1.165) is 24.8 Å². The first-order chi connectivity index (χ1) is 10.4. The maximum Gasteiger partial charge on any atom is 0.271 e. The molecule has 0 aromatic heterocycles. The predicted molar refractivity (Wildman–Crippen MR) is 85.9 cm³/mol. The minimum Gasteiger partial charge on any atom is -0.376 e. The third kappa shape index (κ3) is 3.55. The number of non-ortho nitro benzene ring substituents is 1. The third-order valence-corrected chi connectivity index (χ3v) is 4.34. The van der Waals surface area contributed by atoms with E-state index < -0.39 is 4.92 Å². The van der Waals surface area contributed by atoms with Gasteiger partial charge in [0.05, 0.1) is 11.5 Å². The second-order valence-corrected chi connectivity index (χ2v) is 6.04. The molecule has 0 bridgehead atoms. The summed E-state index contributed by atoms with van der Waals surface area (Å²) in [5.41, 5.74) is 1.55. The van der Waals surface area contributed by atoms with Gasteiger partial charge in [-0.1, -0.05) is 6.07 Å². The molecule has 1 amide bonds. The van der Waals surface area contributed by atoms with Crippen LogP contribution in [0.25, 0.3) is 0 Å². The number of likely N-dealkylation sites (tertiary alicyclic amines) is 1. The minimum atomic E-state index is -0.429. The molecule has 1 heterocycles. The molecule has 2 unspecified atom stereocenters. The van der Waals surface area contributed by atoms with Crippen molar-refractivity contribution in [3.05, 3.63) is 33.9 Å². The standard InChI is InChI=1S/C16H23N3O3/c1-11-7-8-14(19(21)22)9-15(11)17-10-16(20)18-12(2)5-4-6-13(18)3/h7-9,12-13,17H,4-6,10H2,1-3H3. The lowest BCUT2D eigenvalue weighted by molar-refractivity contribution is -0.384. The highest BCUT2D eigenvalue weighted by molar-refractivity contribution is 5.82. The van der Waals surface area contributed by atoms with Gasteiger partial charge in [0.1, 0.15) is 0 Å². The summed E-state index contributed by atoms with van der Waals surface area (Å²) in [5.74, 6) is 0.0469. The molecule has 1 fully saturated rings. The molecule has 1 aromatic rings. The average Bonchev–Trinajstić information content (AvgIpc) is 2.46. The summed E-state index contributed by atoms with van der Waals surface area (Å²) in [4.78, 5) is 24.8. The molecule has 1 aliphatic heterocycles. The lowest BCUT2D eigenvalue weighted by atomic mass is 9.97.